The average Bonchev–Trinajstić information content (AvgIpc) is 3.01. The van der Waals surface area contributed by atoms with Crippen LogP contribution in [0.1, 0.15) is 42.1 Å². The minimum atomic E-state index is 0.252. The second kappa shape index (κ2) is 3.95. The Morgan fingerprint density at radius 3 is 2.86 bits per heavy atom. The van der Waals surface area contributed by atoms with Crippen LogP contribution in [-0.2, 0) is 6.42 Å². The largest absolute Gasteiger partial charge is 0.294 e. The Hall–Kier alpha value is -1.11. The Bertz CT molecular complexity index is 337. The summed E-state index contributed by atoms with van der Waals surface area (Å²) >= 11 is 0. The van der Waals surface area contributed by atoms with Gasteiger partial charge in [-0.3, -0.25) is 4.79 Å². The van der Waals surface area contributed by atoms with Crippen molar-refractivity contribution < 1.29 is 4.79 Å². The summed E-state index contributed by atoms with van der Waals surface area (Å²) in [7, 11) is 0. The van der Waals surface area contributed by atoms with Crippen LogP contribution in [0.3, 0.4) is 0 Å². The Morgan fingerprint density at radius 2 is 2.21 bits per heavy atom. The molecule has 1 aliphatic rings. The van der Waals surface area contributed by atoms with E-state index in [9.17, 15) is 4.79 Å². The molecule has 74 valence electrons. The third-order valence-corrected chi connectivity index (χ3v) is 2.79. The molecule has 14 heavy (non-hydrogen) atoms. The van der Waals surface area contributed by atoms with E-state index in [1.54, 1.807) is 0 Å². The second-order valence-corrected chi connectivity index (χ2v) is 4.12. The summed E-state index contributed by atoms with van der Waals surface area (Å²) in [5.74, 6) is 1.14. The molecule has 1 heteroatoms. The zero-order chi connectivity index (χ0) is 9.97. The Kier molecular flexibility index (Phi) is 2.67. The molecular weight excluding hydrogens is 172 g/mol. The first-order chi connectivity index (χ1) is 6.79. The maximum atomic E-state index is 11.5. The molecule has 0 amide bonds. The molecule has 1 aromatic carbocycles. The molecule has 0 radical (unpaired) electrons. The van der Waals surface area contributed by atoms with Gasteiger partial charge in [-0.25, -0.2) is 0 Å². The minimum Gasteiger partial charge on any atom is -0.294 e. The summed E-state index contributed by atoms with van der Waals surface area (Å²) in [4.78, 5) is 11.5. The zero-order valence-electron chi connectivity index (χ0n) is 8.62. The van der Waals surface area contributed by atoms with Gasteiger partial charge < -0.3 is 0 Å². The summed E-state index contributed by atoms with van der Waals surface area (Å²) in [6, 6.07) is 8.11. The number of benzene rings is 1. The van der Waals surface area contributed by atoms with E-state index in [2.05, 4.69) is 12.1 Å². The molecule has 0 unspecified atom stereocenters. The fraction of sp³-hybridized carbons (Fsp3) is 0.462. The fourth-order valence-corrected chi connectivity index (χ4v) is 1.73. The highest BCUT2D eigenvalue weighted by Gasteiger charge is 2.21. The standard InChI is InChI=1S/C13H16O/c1-2-13(14)12-5-3-4-11(9-12)8-10-6-7-10/h3-5,9-10H,2,6-8H2,1H3. The van der Waals surface area contributed by atoms with Gasteiger partial charge in [0.25, 0.3) is 0 Å². The van der Waals surface area contributed by atoms with Gasteiger partial charge in [-0.2, -0.15) is 0 Å². The number of rotatable bonds is 4. The van der Waals surface area contributed by atoms with Crippen LogP contribution in [0.2, 0.25) is 0 Å². The van der Waals surface area contributed by atoms with Crippen molar-refractivity contribution in [3.05, 3.63) is 35.4 Å². The Balaban J connectivity index is 2.12. The van der Waals surface area contributed by atoms with Crippen molar-refractivity contribution in [1.29, 1.82) is 0 Å². The molecule has 1 aliphatic carbocycles. The predicted octanol–water partition coefficient (Wildman–Crippen LogP) is 3.23. The molecule has 0 spiro atoms. The molecule has 1 fully saturated rings. The van der Waals surface area contributed by atoms with Gasteiger partial charge in [-0.05, 0) is 36.8 Å². The van der Waals surface area contributed by atoms with Gasteiger partial charge in [0.05, 0.1) is 0 Å². The highest BCUT2D eigenvalue weighted by Crippen LogP contribution is 2.32. The lowest BCUT2D eigenvalue weighted by Gasteiger charge is -2.02. The number of carbonyl (C=O) groups excluding carboxylic acids is 1. The number of ketones is 1. The van der Waals surface area contributed by atoms with Crippen molar-refractivity contribution in [3.8, 4) is 0 Å². The van der Waals surface area contributed by atoms with Crippen molar-refractivity contribution in [2.45, 2.75) is 32.6 Å². The lowest BCUT2D eigenvalue weighted by molar-refractivity contribution is 0.0988. The second-order valence-electron chi connectivity index (χ2n) is 4.12. The Morgan fingerprint density at radius 1 is 1.43 bits per heavy atom. The van der Waals surface area contributed by atoms with Crippen LogP contribution in [0.15, 0.2) is 24.3 Å². The van der Waals surface area contributed by atoms with E-state index in [-0.39, 0.29) is 5.78 Å². The molecule has 1 nitrogen and oxygen atoms in total. The van der Waals surface area contributed by atoms with E-state index < -0.39 is 0 Å². The van der Waals surface area contributed by atoms with Gasteiger partial charge in [0.15, 0.2) is 5.78 Å². The highest BCUT2D eigenvalue weighted by molar-refractivity contribution is 5.95. The fourth-order valence-electron chi connectivity index (χ4n) is 1.73. The van der Waals surface area contributed by atoms with E-state index in [1.165, 1.54) is 18.4 Å². The van der Waals surface area contributed by atoms with Gasteiger partial charge in [0.2, 0.25) is 0 Å². The van der Waals surface area contributed by atoms with Gasteiger partial charge >= 0.3 is 0 Å². The average molecular weight is 188 g/mol. The Labute approximate surface area is 85.1 Å². The number of carbonyl (C=O) groups is 1. The number of hydrogen-bond acceptors (Lipinski definition) is 1. The molecule has 0 bridgehead atoms. The van der Waals surface area contributed by atoms with Crippen molar-refractivity contribution in [2.24, 2.45) is 5.92 Å². The first-order valence-electron chi connectivity index (χ1n) is 5.41. The lowest BCUT2D eigenvalue weighted by atomic mass is 10.0. The van der Waals surface area contributed by atoms with Crippen LogP contribution in [-0.4, -0.2) is 5.78 Å². The minimum absolute atomic E-state index is 0.252. The smallest absolute Gasteiger partial charge is 0.162 e. The lowest BCUT2D eigenvalue weighted by Crippen LogP contribution is -1.97. The quantitative estimate of drug-likeness (QED) is 0.663. The number of Topliss-reactive ketones (excluding diaryl/α,β-unsaturated/α-hetero) is 1. The molecule has 1 aromatic rings. The summed E-state index contributed by atoms with van der Waals surface area (Å²) in [5, 5.41) is 0. The van der Waals surface area contributed by atoms with Gasteiger partial charge in [0.1, 0.15) is 0 Å². The van der Waals surface area contributed by atoms with E-state index >= 15 is 0 Å². The molecule has 2 rings (SSSR count). The molecule has 1 saturated carbocycles. The van der Waals surface area contributed by atoms with E-state index in [0.29, 0.717) is 6.42 Å². The third kappa shape index (κ3) is 2.22. The molecule has 0 heterocycles. The van der Waals surface area contributed by atoms with Crippen molar-refractivity contribution in [1.82, 2.24) is 0 Å². The monoisotopic (exact) mass is 188 g/mol. The van der Waals surface area contributed by atoms with E-state index in [4.69, 9.17) is 0 Å². The predicted molar refractivity (Wildman–Crippen MR) is 57.5 cm³/mol. The third-order valence-electron chi connectivity index (χ3n) is 2.79. The van der Waals surface area contributed by atoms with Crippen LogP contribution in [0.4, 0.5) is 0 Å². The summed E-state index contributed by atoms with van der Waals surface area (Å²) in [6.07, 6.45) is 4.50. The van der Waals surface area contributed by atoms with Crippen LogP contribution >= 0.6 is 0 Å². The molecule has 0 N–H and O–H groups in total. The molecule has 0 atom stereocenters. The maximum absolute atomic E-state index is 11.5. The van der Waals surface area contributed by atoms with Crippen molar-refractivity contribution in [2.75, 3.05) is 0 Å². The molecule has 0 aromatic heterocycles. The first-order valence-corrected chi connectivity index (χ1v) is 5.41. The highest BCUT2D eigenvalue weighted by atomic mass is 16.1. The molecular formula is C13H16O. The summed E-state index contributed by atoms with van der Waals surface area (Å²) in [5.41, 5.74) is 2.21. The van der Waals surface area contributed by atoms with Gasteiger partial charge in [-0.1, -0.05) is 25.1 Å². The van der Waals surface area contributed by atoms with E-state index in [1.807, 2.05) is 19.1 Å². The zero-order valence-corrected chi connectivity index (χ0v) is 8.62. The van der Waals surface area contributed by atoms with Crippen LogP contribution in [0.5, 0.6) is 0 Å². The molecule has 0 saturated heterocycles. The summed E-state index contributed by atoms with van der Waals surface area (Å²) in [6.45, 7) is 1.91. The van der Waals surface area contributed by atoms with Gasteiger partial charge in [-0.15, -0.1) is 0 Å². The van der Waals surface area contributed by atoms with Crippen molar-refractivity contribution in [3.63, 3.8) is 0 Å². The normalized spacial score (nSPS) is 15.5. The van der Waals surface area contributed by atoms with E-state index in [0.717, 1.165) is 17.9 Å². The van der Waals surface area contributed by atoms with Crippen LogP contribution < -0.4 is 0 Å². The molecule has 0 aliphatic heterocycles. The SMILES string of the molecule is CCC(=O)c1cccc(CC2CC2)c1. The summed E-state index contributed by atoms with van der Waals surface area (Å²) < 4.78 is 0. The van der Waals surface area contributed by atoms with Crippen molar-refractivity contribution >= 4 is 5.78 Å². The van der Waals surface area contributed by atoms with Crippen LogP contribution in [0, 0.1) is 5.92 Å². The number of hydrogen-bond donors (Lipinski definition) is 0. The maximum Gasteiger partial charge on any atom is 0.162 e. The van der Waals surface area contributed by atoms with Crippen LogP contribution in [0.25, 0.3) is 0 Å². The first kappa shape index (κ1) is 9.45. The topological polar surface area (TPSA) is 17.1 Å². The van der Waals surface area contributed by atoms with Gasteiger partial charge in [0, 0.05) is 12.0 Å².